The van der Waals surface area contributed by atoms with Gasteiger partial charge in [-0.3, -0.25) is 0 Å². The van der Waals surface area contributed by atoms with E-state index in [0.717, 1.165) is 5.56 Å². The van der Waals surface area contributed by atoms with Crippen molar-refractivity contribution in [2.75, 3.05) is 14.2 Å². The number of hydrogen-bond donors (Lipinski definition) is 1. The van der Waals surface area contributed by atoms with E-state index in [1.165, 1.54) is 0 Å². The summed E-state index contributed by atoms with van der Waals surface area (Å²) in [7, 11) is 3.11. The molecule has 0 bridgehead atoms. The lowest BCUT2D eigenvalue weighted by molar-refractivity contribution is 0.342. The molecule has 0 aliphatic heterocycles. The maximum Gasteiger partial charge on any atom is 0.256 e. The molecular formula is C13H22N2O3S. The summed E-state index contributed by atoms with van der Waals surface area (Å²) < 4.78 is 25.1. The van der Waals surface area contributed by atoms with Crippen molar-refractivity contribution >= 4 is 11.4 Å². The van der Waals surface area contributed by atoms with E-state index in [1.807, 2.05) is 33.8 Å². The number of ether oxygens (including phenoxy) is 2. The van der Waals surface area contributed by atoms with Gasteiger partial charge in [-0.15, -0.1) is 4.72 Å². The molecule has 19 heavy (non-hydrogen) atoms. The number of methoxy groups -OCH3 is 2. The zero-order valence-electron chi connectivity index (χ0n) is 12.3. The van der Waals surface area contributed by atoms with Crippen LogP contribution in [0.1, 0.15) is 39.3 Å². The van der Waals surface area contributed by atoms with Crippen LogP contribution in [0, 0.1) is 0 Å². The highest BCUT2D eigenvalue weighted by Gasteiger charge is 2.28. The normalized spacial score (nSPS) is 14.9. The maximum absolute atomic E-state index is 12.0. The molecule has 1 N–H and O–H groups in total. The minimum absolute atomic E-state index is 0.0904. The molecule has 1 rings (SSSR count). The van der Waals surface area contributed by atoms with E-state index >= 15 is 0 Å². The van der Waals surface area contributed by atoms with Gasteiger partial charge in [0.25, 0.3) is 5.88 Å². The molecule has 2 atom stereocenters. The topological polar surface area (TPSA) is 66.4 Å². The van der Waals surface area contributed by atoms with Crippen LogP contribution in [0.5, 0.6) is 11.6 Å². The lowest BCUT2D eigenvalue weighted by atomic mass is 10.1. The van der Waals surface area contributed by atoms with Crippen molar-refractivity contribution in [1.29, 1.82) is 0 Å². The highest BCUT2D eigenvalue weighted by atomic mass is 32.2. The smallest absolute Gasteiger partial charge is 0.256 e. The molecule has 1 unspecified atom stereocenters. The Labute approximate surface area is 118 Å². The first-order valence-electron chi connectivity index (χ1n) is 6.05. The second-order valence-corrected chi connectivity index (χ2v) is 7.20. The van der Waals surface area contributed by atoms with E-state index in [0.29, 0.717) is 11.6 Å². The monoisotopic (exact) mass is 286 g/mol. The molecule has 0 aliphatic rings. The third kappa shape index (κ3) is 4.26. The molecule has 0 saturated carbocycles. The summed E-state index contributed by atoms with van der Waals surface area (Å²) in [5, 5.41) is 0. The second kappa shape index (κ2) is 6.45. The number of hydrogen-bond acceptors (Lipinski definition) is 5. The minimum Gasteiger partial charge on any atom is -0.598 e. The number of nitrogens with zero attached hydrogens (tertiary/aromatic N) is 1. The van der Waals surface area contributed by atoms with Crippen LogP contribution in [0.25, 0.3) is 0 Å². The fourth-order valence-corrected chi connectivity index (χ4v) is 2.20. The Hall–Kier alpha value is -0.980. The minimum atomic E-state index is -1.13. The first kappa shape index (κ1) is 16.1. The van der Waals surface area contributed by atoms with Crippen LogP contribution in [-0.2, 0) is 11.4 Å². The van der Waals surface area contributed by atoms with Gasteiger partial charge in [0.05, 0.1) is 20.3 Å². The van der Waals surface area contributed by atoms with Crippen LogP contribution in [0.4, 0.5) is 0 Å². The molecule has 108 valence electrons. The summed E-state index contributed by atoms with van der Waals surface area (Å²) >= 11 is -1.13. The zero-order chi connectivity index (χ0) is 14.6. The van der Waals surface area contributed by atoms with Crippen LogP contribution >= 0.6 is 0 Å². The lowest BCUT2D eigenvalue weighted by Gasteiger charge is -2.26. The third-order valence-electron chi connectivity index (χ3n) is 2.59. The van der Waals surface area contributed by atoms with Crippen molar-refractivity contribution in [3.8, 4) is 11.6 Å². The SMILES string of the molecule is COc1cc([C@H](C)N[S+]([O-])C(C)(C)C)cnc1OC. The molecule has 0 aromatic carbocycles. The van der Waals surface area contributed by atoms with Crippen LogP contribution in [0.3, 0.4) is 0 Å². The molecule has 0 radical (unpaired) electrons. The van der Waals surface area contributed by atoms with Gasteiger partial charge in [-0.2, -0.15) is 0 Å². The zero-order valence-corrected chi connectivity index (χ0v) is 13.1. The highest BCUT2D eigenvalue weighted by Crippen LogP contribution is 2.28. The molecule has 6 heteroatoms. The summed E-state index contributed by atoms with van der Waals surface area (Å²) in [5.41, 5.74) is 0.898. The first-order chi connectivity index (χ1) is 8.79. The summed E-state index contributed by atoms with van der Waals surface area (Å²) in [6, 6.07) is 1.75. The van der Waals surface area contributed by atoms with Gasteiger partial charge in [0, 0.05) is 17.6 Å². The van der Waals surface area contributed by atoms with Crippen LogP contribution in [0.2, 0.25) is 0 Å². The number of aromatic nitrogens is 1. The van der Waals surface area contributed by atoms with E-state index in [2.05, 4.69) is 9.71 Å². The van der Waals surface area contributed by atoms with Gasteiger partial charge in [0.2, 0.25) is 0 Å². The molecule has 0 amide bonds. The number of pyridine rings is 1. The number of rotatable bonds is 5. The molecule has 0 spiro atoms. The fraction of sp³-hybridized carbons (Fsp3) is 0.615. The van der Waals surface area contributed by atoms with Crippen LogP contribution in [0.15, 0.2) is 12.3 Å². The maximum atomic E-state index is 12.0. The molecule has 5 nitrogen and oxygen atoms in total. The van der Waals surface area contributed by atoms with Crippen molar-refractivity contribution in [3.63, 3.8) is 0 Å². The van der Waals surface area contributed by atoms with Crippen molar-refractivity contribution in [2.45, 2.75) is 38.5 Å². The summed E-state index contributed by atoms with van der Waals surface area (Å²) in [6.45, 7) is 7.72. The fourth-order valence-electron chi connectivity index (χ4n) is 1.39. The highest BCUT2D eigenvalue weighted by molar-refractivity contribution is 7.90. The summed E-state index contributed by atoms with van der Waals surface area (Å²) in [5.74, 6) is 1.01. The predicted molar refractivity (Wildman–Crippen MR) is 76.8 cm³/mol. The van der Waals surface area contributed by atoms with Crippen LogP contribution in [-0.4, -0.2) is 28.5 Å². The third-order valence-corrected chi connectivity index (χ3v) is 4.27. The summed E-state index contributed by atoms with van der Waals surface area (Å²) in [4.78, 5) is 4.17. The van der Waals surface area contributed by atoms with Gasteiger partial charge in [-0.1, -0.05) is 0 Å². The Morgan fingerprint density at radius 3 is 2.42 bits per heavy atom. The molecule has 1 aromatic heterocycles. The Kier molecular flexibility index (Phi) is 5.46. The molecular weight excluding hydrogens is 264 g/mol. The van der Waals surface area contributed by atoms with Crippen molar-refractivity contribution in [1.82, 2.24) is 9.71 Å². The van der Waals surface area contributed by atoms with Crippen molar-refractivity contribution in [2.24, 2.45) is 0 Å². The van der Waals surface area contributed by atoms with Crippen LogP contribution < -0.4 is 14.2 Å². The van der Waals surface area contributed by atoms with Gasteiger partial charge in [0.15, 0.2) is 5.75 Å². The molecule has 0 aliphatic carbocycles. The van der Waals surface area contributed by atoms with E-state index in [-0.39, 0.29) is 10.8 Å². The Morgan fingerprint density at radius 2 is 1.95 bits per heavy atom. The molecule has 1 heterocycles. The Bertz CT molecular complexity index is 421. The quantitative estimate of drug-likeness (QED) is 0.841. The van der Waals surface area contributed by atoms with Gasteiger partial charge in [0.1, 0.15) is 4.75 Å². The predicted octanol–water partition coefficient (Wildman–Crippen LogP) is 2.21. The summed E-state index contributed by atoms with van der Waals surface area (Å²) in [6.07, 6.45) is 1.69. The average Bonchev–Trinajstić information content (AvgIpc) is 2.36. The van der Waals surface area contributed by atoms with Gasteiger partial charge in [-0.05, 0) is 39.3 Å². The van der Waals surface area contributed by atoms with Crippen molar-refractivity contribution in [3.05, 3.63) is 17.8 Å². The standard InChI is InChI=1S/C13H22N2O3S/c1-9(15-19(16)13(2,3)4)10-7-11(17-5)12(18-6)14-8-10/h7-9,15H,1-6H3/t9-,19?/m0/s1. The van der Waals surface area contributed by atoms with E-state index in [1.54, 1.807) is 20.4 Å². The van der Waals surface area contributed by atoms with Crippen molar-refractivity contribution < 1.29 is 14.0 Å². The molecule has 0 fully saturated rings. The number of nitrogens with one attached hydrogen (secondary N) is 1. The Morgan fingerprint density at radius 1 is 1.32 bits per heavy atom. The second-order valence-electron chi connectivity index (χ2n) is 5.20. The first-order valence-corrected chi connectivity index (χ1v) is 7.20. The molecule has 0 saturated heterocycles. The van der Waals surface area contributed by atoms with E-state index < -0.39 is 11.4 Å². The average molecular weight is 286 g/mol. The Balaban J connectivity index is 2.85. The van der Waals surface area contributed by atoms with Gasteiger partial charge in [-0.25, -0.2) is 4.98 Å². The van der Waals surface area contributed by atoms with E-state index in [9.17, 15) is 4.55 Å². The van der Waals surface area contributed by atoms with Gasteiger partial charge >= 0.3 is 0 Å². The lowest BCUT2D eigenvalue weighted by Crippen LogP contribution is -2.40. The van der Waals surface area contributed by atoms with E-state index in [4.69, 9.17) is 9.47 Å². The largest absolute Gasteiger partial charge is 0.598 e. The molecule has 1 aromatic rings. The van der Waals surface area contributed by atoms with Gasteiger partial charge < -0.3 is 14.0 Å².